The lowest BCUT2D eigenvalue weighted by molar-refractivity contribution is -0.125. The molecule has 2 unspecified atom stereocenters. The summed E-state index contributed by atoms with van der Waals surface area (Å²) < 4.78 is 32.7. The fraction of sp³-hybridized carbons (Fsp3) is 0.367. The molecule has 2 heterocycles. The zero-order valence-electron chi connectivity index (χ0n) is 23.2. The van der Waals surface area contributed by atoms with Gasteiger partial charge in [-0.15, -0.1) is 12.4 Å². The van der Waals surface area contributed by atoms with Crippen molar-refractivity contribution in [3.8, 4) is 0 Å². The molecular weight excluding hydrogens is 619 g/mol. The van der Waals surface area contributed by atoms with E-state index in [0.29, 0.717) is 48.2 Å². The fourth-order valence-electron chi connectivity index (χ4n) is 5.91. The Bertz CT molecular complexity index is 1490. The van der Waals surface area contributed by atoms with Crippen LogP contribution in [0.5, 0.6) is 0 Å². The van der Waals surface area contributed by atoms with Crippen molar-refractivity contribution in [3.05, 3.63) is 99.5 Å². The summed E-state index contributed by atoms with van der Waals surface area (Å²) in [6.07, 6.45) is 2.55. The summed E-state index contributed by atoms with van der Waals surface area (Å²) in [5, 5.41) is 8.16. The molecule has 0 bridgehead atoms. The second kappa shape index (κ2) is 13.9. The number of fused-ring (bicyclic) bond motifs is 2. The quantitative estimate of drug-likeness (QED) is 0.294. The van der Waals surface area contributed by atoms with E-state index in [1.165, 1.54) is 6.26 Å². The average molecular weight is 654 g/mol. The molecule has 1 amide bonds. The molecule has 0 saturated carbocycles. The molecule has 5 rings (SSSR count). The Balaban J connectivity index is 0.00000405. The normalized spacial score (nSPS) is 18.3. The molecule has 0 radical (unpaired) electrons. The Morgan fingerprint density at radius 2 is 1.71 bits per heavy atom. The first-order valence-corrected chi connectivity index (χ1v) is 16.3. The van der Waals surface area contributed by atoms with Gasteiger partial charge >= 0.3 is 0 Å². The Morgan fingerprint density at radius 1 is 1.02 bits per heavy atom. The number of anilines is 1. The number of carbonyl (C=O) groups is 1. The van der Waals surface area contributed by atoms with E-state index in [1.54, 1.807) is 17.1 Å². The van der Waals surface area contributed by atoms with Crippen molar-refractivity contribution in [2.75, 3.05) is 31.0 Å². The van der Waals surface area contributed by atoms with Crippen LogP contribution in [0.2, 0.25) is 10.0 Å². The number of halogens is 3. The lowest BCUT2D eigenvalue weighted by Crippen LogP contribution is -2.61. The highest BCUT2D eigenvalue weighted by molar-refractivity contribution is 7.91. The van der Waals surface area contributed by atoms with Gasteiger partial charge in [-0.3, -0.25) is 20.5 Å². The third kappa shape index (κ3) is 7.05. The maximum absolute atomic E-state index is 13.9. The molecule has 1 saturated heterocycles. The topological polar surface area (TPSA) is 99.8 Å². The summed E-state index contributed by atoms with van der Waals surface area (Å²) in [6, 6.07) is 21.9. The molecule has 42 heavy (non-hydrogen) atoms. The van der Waals surface area contributed by atoms with Crippen molar-refractivity contribution in [2.45, 2.75) is 42.8 Å². The molecule has 0 aliphatic carbocycles. The van der Waals surface area contributed by atoms with E-state index in [2.05, 4.69) is 16.1 Å². The van der Waals surface area contributed by atoms with Crippen LogP contribution in [0.25, 0.3) is 0 Å². The van der Waals surface area contributed by atoms with Crippen molar-refractivity contribution in [2.24, 2.45) is 0 Å². The minimum atomic E-state index is -3.61. The molecule has 2 aliphatic rings. The van der Waals surface area contributed by atoms with Gasteiger partial charge in [-0.1, -0.05) is 77.8 Å². The standard InChI is InChI=1S/C30H34Cl2N4O4S.ClH/c1-41(38,39)29-30(13-15-33-16-14-30)23-9-5-6-10-27(23)36(29)35-28(37)26(34-18-21-7-3-2-4-8-21)20-40-19-22-11-12-24(31)25(32)17-22;/h2-12,17,26,29,33-34H,13-16,18-20H2,1H3,(H,35,37);1H. The van der Waals surface area contributed by atoms with E-state index in [4.69, 9.17) is 27.9 Å². The number of nitrogens with zero attached hydrogens (tertiary/aromatic N) is 1. The molecule has 2 atom stereocenters. The van der Waals surface area contributed by atoms with E-state index < -0.39 is 26.7 Å². The number of benzene rings is 3. The smallest absolute Gasteiger partial charge is 0.258 e. The van der Waals surface area contributed by atoms with Crippen molar-refractivity contribution >= 4 is 57.0 Å². The number of hydrazine groups is 1. The first-order chi connectivity index (χ1) is 19.7. The van der Waals surface area contributed by atoms with Crippen LogP contribution in [-0.4, -0.2) is 51.7 Å². The zero-order valence-corrected chi connectivity index (χ0v) is 26.3. The lowest BCUT2D eigenvalue weighted by Gasteiger charge is -2.41. The number of amides is 1. The van der Waals surface area contributed by atoms with E-state index >= 15 is 0 Å². The first kappa shape index (κ1) is 32.5. The number of nitrogens with one attached hydrogen (secondary N) is 3. The number of rotatable bonds is 10. The summed E-state index contributed by atoms with van der Waals surface area (Å²) in [5.41, 5.74) is 5.83. The molecular formula is C30H35Cl3N4O4S. The van der Waals surface area contributed by atoms with Gasteiger partial charge in [0, 0.05) is 18.2 Å². The summed E-state index contributed by atoms with van der Waals surface area (Å²) in [4.78, 5) is 13.9. The predicted octanol–water partition coefficient (Wildman–Crippen LogP) is 4.63. The molecule has 226 valence electrons. The Kier molecular flexibility index (Phi) is 10.8. The van der Waals surface area contributed by atoms with Gasteiger partial charge in [-0.2, -0.15) is 0 Å². The van der Waals surface area contributed by atoms with Gasteiger partial charge in [0.2, 0.25) is 0 Å². The monoisotopic (exact) mass is 652 g/mol. The number of sulfone groups is 1. The third-order valence-corrected chi connectivity index (χ3v) is 10.0. The minimum Gasteiger partial charge on any atom is -0.375 e. The average Bonchev–Trinajstić information content (AvgIpc) is 3.22. The van der Waals surface area contributed by atoms with Crippen LogP contribution < -0.4 is 21.1 Å². The molecule has 0 aromatic heterocycles. The van der Waals surface area contributed by atoms with Crippen LogP contribution >= 0.6 is 35.6 Å². The number of hydrogen-bond acceptors (Lipinski definition) is 7. The summed E-state index contributed by atoms with van der Waals surface area (Å²) in [6.45, 7) is 2.10. The van der Waals surface area contributed by atoms with E-state index in [0.717, 1.165) is 16.7 Å². The molecule has 3 N–H and O–H groups in total. The largest absolute Gasteiger partial charge is 0.375 e. The molecule has 2 aliphatic heterocycles. The van der Waals surface area contributed by atoms with Crippen molar-refractivity contribution in [1.29, 1.82) is 0 Å². The summed E-state index contributed by atoms with van der Waals surface area (Å²) in [7, 11) is -3.61. The van der Waals surface area contributed by atoms with E-state index in [-0.39, 0.29) is 31.5 Å². The molecule has 8 nitrogen and oxygen atoms in total. The molecule has 1 spiro atoms. The van der Waals surface area contributed by atoms with Gasteiger partial charge in [0.15, 0.2) is 15.2 Å². The lowest BCUT2D eigenvalue weighted by atomic mass is 9.74. The highest BCUT2D eigenvalue weighted by Gasteiger charge is 2.56. The van der Waals surface area contributed by atoms with Crippen molar-refractivity contribution in [1.82, 2.24) is 16.1 Å². The number of piperidine rings is 1. The van der Waals surface area contributed by atoms with Gasteiger partial charge in [0.1, 0.15) is 6.04 Å². The van der Waals surface area contributed by atoms with Crippen molar-refractivity contribution in [3.63, 3.8) is 0 Å². The second-order valence-electron chi connectivity index (χ2n) is 10.6. The maximum atomic E-state index is 13.9. The minimum absolute atomic E-state index is 0. The van der Waals surface area contributed by atoms with Gasteiger partial charge in [0.05, 0.1) is 28.9 Å². The molecule has 1 fully saturated rings. The highest BCUT2D eigenvalue weighted by Crippen LogP contribution is 2.51. The highest BCUT2D eigenvalue weighted by atomic mass is 35.5. The Hall–Kier alpha value is -2.37. The predicted molar refractivity (Wildman–Crippen MR) is 170 cm³/mol. The van der Waals surface area contributed by atoms with E-state index in [9.17, 15) is 13.2 Å². The molecule has 3 aromatic carbocycles. The van der Waals surface area contributed by atoms with Crippen LogP contribution in [0.15, 0.2) is 72.8 Å². The number of hydrogen-bond donors (Lipinski definition) is 3. The number of carbonyl (C=O) groups excluding carboxylic acids is 1. The van der Waals surface area contributed by atoms with Gasteiger partial charge in [-0.05, 0) is 60.8 Å². The fourth-order valence-corrected chi connectivity index (χ4v) is 7.96. The second-order valence-corrected chi connectivity index (χ2v) is 13.6. The van der Waals surface area contributed by atoms with E-state index in [1.807, 2.05) is 60.7 Å². The maximum Gasteiger partial charge on any atom is 0.258 e. The molecule has 3 aromatic rings. The van der Waals surface area contributed by atoms with Crippen LogP contribution in [0.3, 0.4) is 0 Å². The Labute approximate surface area is 263 Å². The summed E-state index contributed by atoms with van der Waals surface area (Å²) in [5.74, 6) is -0.385. The van der Waals surface area contributed by atoms with Crippen LogP contribution in [0.4, 0.5) is 5.69 Å². The van der Waals surface area contributed by atoms with Gasteiger partial charge in [0.25, 0.3) is 5.91 Å². The zero-order chi connectivity index (χ0) is 29.0. The van der Waals surface area contributed by atoms with Gasteiger partial charge < -0.3 is 10.1 Å². The number of ether oxygens (including phenoxy) is 1. The number of para-hydroxylation sites is 1. The van der Waals surface area contributed by atoms with Crippen LogP contribution in [-0.2, 0) is 37.9 Å². The molecule has 12 heteroatoms. The van der Waals surface area contributed by atoms with Crippen LogP contribution in [0, 0.1) is 0 Å². The van der Waals surface area contributed by atoms with Gasteiger partial charge in [-0.25, -0.2) is 8.42 Å². The third-order valence-electron chi connectivity index (χ3n) is 7.79. The summed E-state index contributed by atoms with van der Waals surface area (Å²) >= 11 is 12.2. The van der Waals surface area contributed by atoms with Crippen molar-refractivity contribution < 1.29 is 17.9 Å². The Morgan fingerprint density at radius 3 is 2.40 bits per heavy atom. The van der Waals surface area contributed by atoms with Crippen LogP contribution in [0.1, 0.15) is 29.5 Å². The SMILES string of the molecule is CS(=O)(=O)C1N(NC(=O)C(COCc2ccc(Cl)c(Cl)c2)NCc2ccccc2)c2ccccc2C12CCNCC2.Cl. The first-order valence-electron chi connectivity index (χ1n) is 13.6.